The molecule has 32 heavy (non-hydrogen) atoms. The van der Waals surface area contributed by atoms with Crippen molar-refractivity contribution in [2.45, 2.75) is 18.7 Å². The summed E-state index contributed by atoms with van der Waals surface area (Å²) in [6.07, 6.45) is -1.24. The van der Waals surface area contributed by atoms with Gasteiger partial charge in [-0.05, 0) is 30.7 Å². The molecule has 5 rings (SSSR count). The summed E-state index contributed by atoms with van der Waals surface area (Å²) in [7, 11) is 0. The Bertz CT molecular complexity index is 1350. The van der Waals surface area contributed by atoms with Crippen LogP contribution in [-0.2, 0) is 5.72 Å². The number of aromatic amines is 1. The number of nitrogens with zero attached hydrogens (tertiary/aromatic N) is 2. The minimum atomic E-state index is -1.72. The molecule has 1 aromatic heterocycles. The molecule has 0 radical (unpaired) electrons. The van der Waals surface area contributed by atoms with Gasteiger partial charge in [0.2, 0.25) is 5.95 Å². The third kappa shape index (κ3) is 2.92. The molecule has 0 saturated heterocycles. The summed E-state index contributed by atoms with van der Waals surface area (Å²) in [5, 5.41) is 23.3. The molecule has 2 heterocycles. The van der Waals surface area contributed by atoms with Gasteiger partial charge in [-0.2, -0.15) is 0 Å². The SMILES string of the molecule is C[C@H](c1ccccc1)N1C(=O)c2ccccc2C1(O)c1ccc2nc(NC(=O)O)[nH]c2c1. The lowest BCUT2D eigenvalue weighted by Gasteiger charge is -2.39. The normalized spacial score (nSPS) is 18.6. The van der Waals surface area contributed by atoms with Gasteiger partial charge in [-0.3, -0.25) is 15.0 Å². The van der Waals surface area contributed by atoms with Crippen molar-refractivity contribution in [2.24, 2.45) is 0 Å². The van der Waals surface area contributed by atoms with E-state index in [0.717, 1.165) is 5.56 Å². The van der Waals surface area contributed by atoms with Crippen molar-refractivity contribution in [1.29, 1.82) is 0 Å². The summed E-state index contributed by atoms with van der Waals surface area (Å²) in [5.74, 6) is -0.188. The van der Waals surface area contributed by atoms with Crippen molar-refractivity contribution in [2.75, 3.05) is 5.32 Å². The molecule has 4 N–H and O–H groups in total. The molecular weight excluding hydrogens is 408 g/mol. The summed E-state index contributed by atoms with van der Waals surface area (Å²) in [5.41, 5.74) is 1.64. The lowest BCUT2D eigenvalue weighted by atomic mass is 9.92. The lowest BCUT2D eigenvalue weighted by Crippen LogP contribution is -2.46. The van der Waals surface area contributed by atoms with E-state index in [1.54, 1.807) is 42.5 Å². The van der Waals surface area contributed by atoms with E-state index in [0.29, 0.717) is 27.7 Å². The van der Waals surface area contributed by atoms with Crippen LogP contribution in [0.25, 0.3) is 11.0 Å². The Balaban J connectivity index is 1.68. The third-order valence-corrected chi connectivity index (χ3v) is 5.88. The van der Waals surface area contributed by atoms with Crippen molar-refractivity contribution in [1.82, 2.24) is 14.9 Å². The largest absolute Gasteiger partial charge is 0.465 e. The second-order valence-electron chi connectivity index (χ2n) is 7.73. The van der Waals surface area contributed by atoms with Gasteiger partial charge >= 0.3 is 6.09 Å². The number of fused-ring (bicyclic) bond motifs is 2. The first kappa shape index (κ1) is 19.8. The Morgan fingerprint density at radius 2 is 1.81 bits per heavy atom. The highest BCUT2D eigenvalue weighted by molar-refractivity contribution is 6.01. The quantitative estimate of drug-likeness (QED) is 0.391. The van der Waals surface area contributed by atoms with E-state index in [1.165, 1.54) is 4.90 Å². The van der Waals surface area contributed by atoms with E-state index in [4.69, 9.17) is 5.11 Å². The minimum Gasteiger partial charge on any atom is -0.465 e. The standard InChI is InChI=1S/C24H20N4O4/c1-14(15-7-3-2-4-8-15)28-21(29)17-9-5-6-10-18(17)24(28,32)16-11-12-19-20(13-16)26-22(25-19)27-23(30)31/h2-14,32H,1H3,(H,30,31)(H2,25,26,27)/t14-,24?/m1/s1. The van der Waals surface area contributed by atoms with E-state index in [1.807, 2.05) is 37.3 Å². The summed E-state index contributed by atoms with van der Waals surface area (Å²) in [4.78, 5) is 33.0. The number of imidazole rings is 1. The minimum absolute atomic E-state index is 0.0778. The van der Waals surface area contributed by atoms with Crippen molar-refractivity contribution >= 4 is 29.0 Å². The monoisotopic (exact) mass is 428 g/mol. The second kappa shape index (κ2) is 7.21. The predicted octanol–water partition coefficient (Wildman–Crippen LogP) is 4.06. The van der Waals surface area contributed by atoms with E-state index in [2.05, 4.69) is 15.3 Å². The van der Waals surface area contributed by atoms with Gasteiger partial charge in [0.05, 0.1) is 17.1 Å². The summed E-state index contributed by atoms with van der Waals surface area (Å²) in [6.45, 7) is 1.88. The number of anilines is 1. The van der Waals surface area contributed by atoms with Crippen LogP contribution in [0.1, 0.15) is 40.0 Å². The molecule has 3 aromatic carbocycles. The van der Waals surface area contributed by atoms with Crippen LogP contribution in [0.3, 0.4) is 0 Å². The smallest absolute Gasteiger partial charge is 0.411 e. The molecule has 1 aliphatic heterocycles. The Kier molecular flexibility index (Phi) is 4.45. The molecular formula is C24H20N4O4. The van der Waals surface area contributed by atoms with E-state index in [-0.39, 0.29) is 11.9 Å². The highest BCUT2D eigenvalue weighted by atomic mass is 16.4. The number of hydrogen-bond acceptors (Lipinski definition) is 4. The Morgan fingerprint density at radius 1 is 1.09 bits per heavy atom. The zero-order valence-corrected chi connectivity index (χ0v) is 17.1. The number of carbonyl (C=O) groups is 2. The molecule has 0 fully saturated rings. The molecule has 1 unspecified atom stereocenters. The molecule has 8 heteroatoms. The zero-order chi connectivity index (χ0) is 22.5. The zero-order valence-electron chi connectivity index (χ0n) is 17.1. The number of carbonyl (C=O) groups excluding carboxylic acids is 1. The molecule has 0 aliphatic carbocycles. The maximum Gasteiger partial charge on any atom is 0.411 e. The summed E-state index contributed by atoms with van der Waals surface area (Å²) in [6, 6.07) is 21.2. The van der Waals surface area contributed by atoms with Gasteiger partial charge in [0.25, 0.3) is 5.91 Å². The molecule has 0 saturated carbocycles. The van der Waals surface area contributed by atoms with Crippen LogP contribution in [0.4, 0.5) is 10.7 Å². The third-order valence-electron chi connectivity index (χ3n) is 5.88. The van der Waals surface area contributed by atoms with Crippen LogP contribution in [-0.4, -0.2) is 37.1 Å². The summed E-state index contributed by atoms with van der Waals surface area (Å²) < 4.78 is 0. The number of aliphatic hydroxyl groups is 1. The predicted molar refractivity (Wildman–Crippen MR) is 118 cm³/mol. The number of nitrogens with one attached hydrogen (secondary N) is 2. The van der Waals surface area contributed by atoms with Crippen LogP contribution in [0.15, 0.2) is 72.8 Å². The van der Waals surface area contributed by atoms with Crippen molar-refractivity contribution in [3.63, 3.8) is 0 Å². The van der Waals surface area contributed by atoms with E-state index in [9.17, 15) is 14.7 Å². The van der Waals surface area contributed by atoms with Gasteiger partial charge in [-0.15, -0.1) is 0 Å². The lowest BCUT2D eigenvalue weighted by molar-refractivity contribution is -0.0676. The first-order chi connectivity index (χ1) is 15.4. The molecule has 160 valence electrons. The number of H-pyrrole nitrogens is 1. The number of aromatic nitrogens is 2. The first-order valence-corrected chi connectivity index (χ1v) is 10.1. The average Bonchev–Trinajstić information content (AvgIpc) is 3.29. The maximum atomic E-state index is 13.5. The highest BCUT2D eigenvalue weighted by Crippen LogP contribution is 2.46. The molecule has 2 amide bonds. The van der Waals surface area contributed by atoms with Gasteiger partial charge in [0.15, 0.2) is 5.72 Å². The van der Waals surface area contributed by atoms with Crippen molar-refractivity contribution in [3.8, 4) is 0 Å². The second-order valence-corrected chi connectivity index (χ2v) is 7.73. The van der Waals surface area contributed by atoms with E-state index < -0.39 is 17.9 Å². The fourth-order valence-electron chi connectivity index (χ4n) is 4.40. The highest BCUT2D eigenvalue weighted by Gasteiger charge is 2.51. The number of rotatable bonds is 4. The van der Waals surface area contributed by atoms with Gasteiger partial charge < -0.3 is 15.2 Å². The number of hydrogen-bond donors (Lipinski definition) is 4. The Hall–Kier alpha value is -4.17. The molecule has 1 aliphatic rings. The van der Waals surface area contributed by atoms with Crippen LogP contribution in [0.2, 0.25) is 0 Å². The van der Waals surface area contributed by atoms with Gasteiger partial charge in [-0.1, -0.05) is 54.6 Å². The fraction of sp³-hybridized carbons (Fsp3) is 0.125. The van der Waals surface area contributed by atoms with Crippen LogP contribution in [0.5, 0.6) is 0 Å². The topological polar surface area (TPSA) is 119 Å². The number of amides is 2. The molecule has 0 spiro atoms. The Labute approximate surface area is 183 Å². The van der Waals surface area contributed by atoms with Crippen LogP contribution >= 0.6 is 0 Å². The average molecular weight is 428 g/mol. The molecule has 0 bridgehead atoms. The van der Waals surface area contributed by atoms with Crippen molar-refractivity contribution < 1.29 is 19.8 Å². The van der Waals surface area contributed by atoms with Crippen LogP contribution < -0.4 is 5.32 Å². The molecule has 2 atom stereocenters. The van der Waals surface area contributed by atoms with Crippen LogP contribution in [0, 0.1) is 0 Å². The maximum absolute atomic E-state index is 13.5. The van der Waals surface area contributed by atoms with Crippen molar-refractivity contribution in [3.05, 3.63) is 95.1 Å². The van der Waals surface area contributed by atoms with Gasteiger partial charge in [0, 0.05) is 16.7 Å². The fourth-order valence-corrected chi connectivity index (χ4v) is 4.40. The molecule has 4 aromatic rings. The van der Waals surface area contributed by atoms with E-state index >= 15 is 0 Å². The van der Waals surface area contributed by atoms with Gasteiger partial charge in [-0.25, -0.2) is 9.78 Å². The molecule has 8 nitrogen and oxygen atoms in total. The first-order valence-electron chi connectivity index (χ1n) is 10.1. The number of carboxylic acid groups (broad SMARTS) is 1. The number of benzene rings is 3. The summed E-state index contributed by atoms with van der Waals surface area (Å²) >= 11 is 0. The Morgan fingerprint density at radius 3 is 2.56 bits per heavy atom. The van der Waals surface area contributed by atoms with Gasteiger partial charge in [0.1, 0.15) is 0 Å².